The lowest BCUT2D eigenvalue weighted by atomic mass is 9.95. The number of hydrogen-bond donors (Lipinski definition) is 0. The van der Waals surface area contributed by atoms with Gasteiger partial charge in [-0.3, -0.25) is 0 Å². The number of rotatable bonds is 2. The van der Waals surface area contributed by atoms with Gasteiger partial charge in [0.25, 0.3) is 0 Å². The molecule has 16 heavy (non-hydrogen) atoms. The third kappa shape index (κ3) is 2.36. The van der Waals surface area contributed by atoms with Gasteiger partial charge in [0.15, 0.2) is 0 Å². The van der Waals surface area contributed by atoms with Crippen LogP contribution in [-0.4, -0.2) is 13.1 Å². The van der Waals surface area contributed by atoms with E-state index in [-0.39, 0.29) is 0 Å². The minimum absolute atomic E-state index is 0.760. The van der Waals surface area contributed by atoms with Crippen LogP contribution in [0.15, 0.2) is 24.3 Å². The van der Waals surface area contributed by atoms with Crippen LogP contribution in [-0.2, 0) is 0 Å². The highest BCUT2D eigenvalue weighted by Gasteiger charge is 2.18. The van der Waals surface area contributed by atoms with Crippen molar-refractivity contribution >= 4 is 5.69 Å². The van der Waals surface area contributed by atoms with Gasteiger partial charge in [0.05, 0.1) is 11.6 Å². The summed E-state index contributed by atoms with van der Waals surface area (Å²) in [6, 6.07) is 10.2. The topological polar surface area (TPSA) is 27.0 Å². The van der Waals surface area contributed by atoms with Gasteiger partial charge in [0.2, 0.25) is 0 Å². The molecule has 0 aromatic heterocycles. The average molecular weight is 214 g/mol. The molecule has 1 aliphatic rings. The van der Waals surface area contributed by atoms with E-state index in [4.69, 9.17) is 5.26 Å². The largest absolute Gasteiger partial charge is 0.371 e. The molecule has 1 fully saturated rings. The molecule has 0 bridgehead atoms. The lowest BCUT2D eigenvalue weighted by Crippen LogP contribution is -2.35. The van der Waals surface area contributed by atoms with Gasteiger partial charge in [0, 0.05) is 18.8 Å². The molecule has 1 aromatic carbocycles. The van der Waals surface area contributed by atoms with E-state index in [1.807, 2.05) is 18.2 Å². The summed E-state index contributed by atoms with van der Waals surface area (Å²) in [7, 11) is 0. The molecule has 1 heterocycles. The number of anilines is 1. The Morgan fingerprint density at radius 1 is 1.50 bits per heavy atom. The second kappa shape index (κ2) is 5.03. The standard InChI is InChI=1S/C14H18N2/c1-2-12-6-4-8-16(11-12)14-7-3-5-13(9-14)10-15/h3,5,7,9,12H,2,4,6,8,11H2,1H3. The monoisotopic (exact) mass is 214 g/mol. The number of piperidine rings is 1. The first-order chi connectivity index (χ1) is 7.83. The molecule has 2 rings (SSSR count). The molecule has 0 spiro atoms. The highest BCUT2D eigenvalue weighted by Crippen LogP contribution is 2.25. The summed E-state index contributed by atoms with van der Waals surface area (Å²) in [5.74, 6) is 0.819. The van der Waals surface area contributed by atoms with Crippen LogP contribution in [0.1, 0.15) is 31.7 Å². The fraction of sp³-hybridized carbons (Fsp3) is 0.500. The van der Waals surface area contributed by atoms with Crippen molar-refractivity contribution in [2.75, 3.05) is 18.0 Å². The second-order valence-electron chi connectivity index (χ2n) is 4.52. The predicted molar refractivity (Wildman–Crippen MR) is 66.4 cm³/mol. The molecule has 1 unspecified atom stereocenters. The Bertz CT molecular complexity index is 392. The van der Waals surface area contributed by atoms with Crippen molar-refractivity contribution in [1.29, 1.82) is 5.26 Å². The Kier molecular flexibility index (Phi) is 3.46. The smallest absolute Gasteiger partial charge is 0.0992 e. The zero-order valence-electron chi connectivity index (χ0n) is 9.82. The quantitative estimate of drug-likeness (QED) is 0.756. The van der Waals surface area contributed by atoms with E-state index in [0.717, 1.165) is 24.6 Å². The first kappa shape index (κ1) is 11.0. The molecule has 0 saturated carbocycles. The van der Waals surface area contributed by atoms with E-state index >= 15 is 0 Å². The van der Waals surface area contributed by atoms with Gasteiger partial charge in [0.1, 0.15) is 0 Å². The van der Waals surface area contributed by atoms with Crippen LogP contribution in [0, 0.1) is 17.2 Å². The fourth-order valence-corrected chi connectivity index (χ4v) is 2.40. The van der Waals surface area contributed by atoms with Crippen LogP contribution in [0.25, 0.3) is 0 Å². The molecule has 1 atom stereocenters. The fourth-order valence-electron chi connectivity index (χ4n) is 2.40. The molecule has 2 heteroatoms. The second-order valence-corrected chi connectivity index (χ2v) is 4.52. The van der Waals surface area contributed by atoms with Crippen LogP contribution in [0.3, 0.4) is 0 Å². The maximum absolute atomic E-state index is 8.89. The third-order valence-electron chi connectivity index (χ3n) is 3.44. The highest BCUT2D eigenvalue weighted by atomic mass is 15.1. The van der Waals surface area contributed by atoms with Crippen LogP contribution >= 0.6 is 0 Å². The molecule has 0 aliphatic carbocycles. The van der Waals surface area contributed by atoms with Crippen molar-refractivity contribution in [1.82, 2.24) is 0 Å². The summed E-state index contributed by atoms with van der Waals surface area (Å²) >= 11 is 0. The number of nitriles is 1. The Labute approximate surface area is 97.5 Å². The first-order valence-electron chi connectivity index (χ1n) is 6.08. The lowest BCUT2D eigenvalue weighted by Gasteiger charge is -2.34. The van der Waals surface area contributed by atoms with E-state index in [0.29, 0.717) is 0 Å². The molecule has 0 amide bonds. The summed E-state index contributed by atoms with van der Waals surface area (Å²) in [4.78, 5) is 2.42. The van der Waals surface area contributed by atoms with E-state index in [1.165, 1.54) is 24.9 Å². The van der Waals surface area contributed by atoms with Crippen molar-refractivity contribution in [3.05, 3.63) is 29.8 Å². The first-order valence-corrected chi connectivity index (χ1v) is 6.08. The number of benzene rings is 1. The van der Waals surface area contributed by atoms with Crippen LogP contribution in [0.4, 0.5) is 5.69 Å². The minimum atomic E-state index is 0.760. The van der Waals surface area contributed by atoms with Gasteiger partial charge in [-0.1, -0.05) is 19.4 Å². The van der Waals surface area contributed by atoms with Crippen LogP contribution < -0.4 is 4.90 Å². The van der Waals surface area contributed by atoms with Gasteiger partial charge in [-0.15, -0.1) is 0 Å². The van der Waals surface area contributed by atoms with Gasteiger partial charge < -0.3 is 4.90 Å². The zero-order valence-corrected chi connectivity index (χ0v) is 9.82. The highest BCUT2D eigenvalue weighted by molar-refractivity contribution is 5.51. The molecular formula is C14H18N2. The van der Waals surface area contributed by atoms with Crippen molar-refractivity contribution in [3.63, 3.8) is 0 Å². The third-order valence-corrected chi connectivity index (χ3v) is 3.44. The van der Waals surface area contributed by atoms with Gasteiger partial charge in [-0.05, 0) is 37.0 Å². The summed E-state index contributed by atoms with van der Waals surface area (Å²) in [5.41, 5.74) is 1.97. The summed E-state index contributed by atoms with van der Waals surface area (Å²) in [6.45, 7) is 4.54. The molecule has 0 radical (unpaired) electrons. The molecule has 1 aliphatic heterocycles. The van der Waals surface area contributed by atoms with Crippen molar-refractivity contribution in [2.24, 2.45) is 5.92 Å². The molecule has 1 aromatic rings. The summed E-state index contributed by atoms with van der Waals surface area (Å²) in [5, 5.41) is 8.89. The van der Waals surface area contributed by atoms with Gasteiger partial charge in [-0.2, -0.15) is 5.26 Å². The Hall–Kier alpha value is -1.49. The Morgan fingerprint density at radius 2 is 2.38 bits per heavy atom. The Balaban J connectivity index is 2.14. The average Bonchev–Trinajstić information content (AvgIpc) is 2.39. The van der Waals surface area contributed by atoms with Crippen molar-refractivity contribution in [2.45, 2.75) is 26.2 Å². The Morgan fingerprint density at radius 3 is 3.12 bits per heavy atom. The van der Waals surface area contributed by atoms with Crippen LogP contribution in [0.2, 0.25) is 0 Å². The van der Waals surface area contributed by atoms with E-state index in [2.05, 4.69) is 24.0 Å². The molecule has 2 nitrogen and oxygen atoms in total. The normalized spacial score (nSPS) is 20.5. The maximum atomic E-state index is 8.89. The molecule has 0 N–H and O–H groups in total. The summed E-state index contributed by atoms with van der Waals surface area (Å²) < 4.78 is 0. The van der Waals surface area contributed by atoms with E-state index in [1.54, 1.807) is 0 Å². The van der Waals surface area contributed by atoms with Crippen molar-refractivity contribution < 1.29 is 0 Å². The van der Waals surface area contributed by atoms with Crippen molar-refractivity contribution in [3.8, 4) is 6.07 Å². The lowest BCUT2D eigenvalue weighted by molar-refractivity contribution is 0.405. The minimum Gasteiger partial charge on any atom is -0.371 e. The zero-order chi connectivity index (χ0) is 11.4. The van der Waals surface area contributed by atoms with Gasteiger partial charge in [-0.25, -0.2) is 0 Å². The summed E-state index contributed by atoms with van der Waals surface area (Å²) in [6.07, 6.45) is 3.88. The SMILES string of the molecule is CCC1CCCN(c2cccc(C#N)c2)C1. The number of hydrogen-bond acceptors (Lipinski definition) is 2. The maximum Gasteiger partial charge on any atom is 0.0992 e. The molecule has 84 valence electrons. The van der Waals surface area contributed by atoms with E-state index < -0.39 is 0 Å². The van der Waals surface area contributed by atoms with Crippen LogP contribution in [0.5, 0.6) is 0 Å². The molecule has 1 saturated heterocycles. The van der Waals surface area contributed by atoms with E-state index in [9.17, 15) is 0 Å². The van der Waals surface area contributed by atoms with Gasteiger partial charge >= 0.3 is 0 Å². The number of nitrogens with zero attached hydrogens (tertiary/aromatic N) is 2. The molecular weight excluding hydrogens is 196 g/mol. The predicted octanol–water partition coefficient (Wildman–Crippen LogP) is 3.18.